The second-order valence-corrected chi connectivity index (χ2v) is 15.9. The quantitative estimate of drug-likeness (QED) is 0.0932. The zero-order valence-corrected chi connectivity index (χ0v) is 32.9. The van der Waals surface area contributed by atoms with Crippen molar-refractivity contribution in [1.82, 2.24) is 4.90 Å². The van der Waals surface area contributed by atoms with Crippen molar-refractivity contribution >= 4 is 29.3 Å². The summed E-state index contributed by atoms with van der Waals surface area (Å²) in [5, 5.41) is 0. The smallest absolute Gasteiger partial charge is 0.266 e. The van der Waals surface area contributed by atoms with Gasteiger partial charge in [0.15, 0.2) is 0 Å². The topological polar surface area (TPSA) is 93.2 Å². The van der Waals surface area contributed by atoms with Crippen LogP contribution in [0.2, 0.25) is 0 Å². The van der Waals surface area contributed by atoms with Crippen LogP contribution in [0.25, 0.3) is 0 Å². The summed E-state index contributed by atoms with van der Waals surface area (Å²) in [5.74, 6) is 0.802. The van der Waals surface area contributed by atoms with Gasteiger partial charge in [0.05, 0.1) is 27.9 Å². The number of rotatable bonds is 12. The Labute approximate surface area is 328 Å². The summed E-state index contributed by atoms with van der Waals surface area (Å²) >= 11 is 0. The number of imide groups is 2. The van der Waals surface area contributed by atoms with E-state index in [1.807, 2.05) is 99.6 Å². The van der Waals surface area contributed by atoms with Crippen LogP contribution in [0.1, 0.15) is 119 Å². The summed E-state index contributed by atoms with van der Waals surface area (Å²) in [6.07, 6.45) is 3.45. The normalized spacial score (nSPS) is 15.1. The lowest BCUT2D eigenvalue weighted by Crippen LogP contribution is -2.47. The lowest BCUT2D eigenvalue weighted by atomic mass is 9.78. The lowest BCUT2D eigenvalue weighted by molar-refractivity contribution is 0.0474. The average Bonchev–Trinajstić information content (AvgIpc) is 3.61. The number of hydrogen-bond donors (Lipinski definition) is 0. The summed E-state index contributed by atoms with van der Waals surface area (Å²) < 4.78 is 12.3. The molecule has 0 N–H and O–H groups in total. The summed E-state index contributed by atoms with van der Waals surface area (Å²) in [4.78, 5) is 55.6. The average molecular weight is 747 g/mol. The van der Waals surface area contributed by atoms with E-state index in [-0.39, 0.29) is 34.5 Å². The fourth-order valence-electron chi connectivity index (χ4n) is 7.28. The number of carbonyl (C=O) groups excluding carboxylic acids is 4. The molecule has 8 nitrogen and oxygen atoms in total. The van der Waals surface area contributed by atoms with Gasteiger partial charge < -0.3 is 9.47 Å². The van der Waals surface area contributed by atoms with E-state index < -0.39 is 5.54 Å². The predicted octanol–water partition coefficient (Wildman–Crippen LogP) is 11.0. The first-order valence-corrected chi connectivity index (χ1v) is 19.0. The number of fused-ring (bicyclic) bond motifs is 2. The second kappa shape index (κ2) is 14.1. The molecule has 0 fully saturated rings. The fourth-order valence-corrected chi connectivity index (χ4v) is 7.28. The van der Waals surface area contributed by atoms with Gasteiger partial charge in [-0.05, 0) is 116 Å². The van der Waals surface area contributed by atoms with Crippen LogP contribution in [0.4, 0.5) is 5.69 Å². The molecule has 7 rings (SSSR count). The zero-order valence-electron chi connectivity index (χ0n) is 32.9. The number of benzene rings is 5. The van der Waals surface area contributed by atoms with Crippen LogP contribution < -0.4 is 14.4 Å². The van der Waals surface area contributed by atoms with Gasteiger partial charge in [-0.1, -0.05) is 77.1 Å². The van der Waals surface area contributed by atoms with E-state index >= 15 is 0 Å². The Morgan fingerprint density at radius 3 is 1.39 bits per heavy atom. The molecule has 2 aliphatic heterocycles. The first-order chi connectivity index (χ1) is 26.6. The molecular weight excluding hydrogens is 701 g/mol. The summed E-state index contributed by atoms with van der Waals surface area (Å²) in [6, 6.07) is 33.1. The van der Waals surface area contributed by atoms with Gasteiger partial charge in [-0.25, -0.2) is 4.90 Å². The van der Waals surface area contributed by atoms with Crippen molar-refractivity contribution in [2.45, 2.75) is 77.7 Å². The summed E-state index contributed by atoms with van der Waals surface area (Å²) in [5.41, 5.74) is 3.94. The Morgan fingerprint density at radius 2 is 0.929 bits per heavy atom. The van der Waals surface area contributed by atoms with Crippen molar-refractivity contribution in [2.24, 2.45) is 0 Å². The van der Waals surface area contributed by atoms with E-state index in [0.29, 0.717) is 57.4 Å². The minimum Gasteiger partial charge on any atom is -0.457 e. The van der Waals surface area contributed by atoms with Crippen LogP contribution in [-0.2, 0) is 10.8 Å². The number of amides is 4. The van der Waals surface area contributed by atoms with E-state index in [2.05, 4.69) is 34.3 Å². The Balaban J connectivity index is 1.01. The van der Waals surface area contributed by atoms with E-state index in [4.69, 9.17) is 9.47 Å². The minimum atomic E-state index is -0.586. The molecule has 0 saturated heterocycles. The third kappa shape index (κ3) is 6.49. The van der Waals surface area contributed by atoms with Crippen molar-refractivity contribution in [3.8, 4) is 23.0 Å². The maximum Gasteiger partial charge on any atom is 0.266 e. The van der Waals surface area contributed by atoms with Crippen molar-refractivity contribution in [3.05, 3.63) is 161 Å². The van der Waals surface area contributed by atoms with Gasteiger partial charge in [-0.3, -0.25) is 24.1 Å². The van der Waals surface area contributed by atoms with Gasteiger partial charge in [-0.2, -0.15) is 0 Å². The molecule has 0 radical (unpaired) electrons. The maximum atomic E-state index is 13.5. The molecule has 56 heavy (non-hydrogen) atoms. The fraction of sp³-hybridized carbons (Fsp3) is 0.250. The molecular formula is C48H46N2O6. The van der Waals surface area contributed by atoms with E-state index in [0.717, 1.165) is 23.1 Å². The predicted molar refractivity (Wildman–Crippen MR) is 218 cm³/mol. The first-order valence-electron chi connectivity index (χ1n) is 19.0. The number of hydrogen-bond acceptors (Lipinski definition) is 6. The van der Waals surface area contributed by atoms with E-state index in [1.165, 1.54) is 9.80 Å². The van der Waals surface area contributed by atoms with Gasteiger partial charge in [0, 0.05) is 16.4 Å². The molecule has 4 amide bonds. The molecule has 1 unspecified atom stereocenters. The van der Waals surface area contributed by atoms with Crippen molar-refractivity contribution < 1.29 is 28.7 Å². The van der Waals surface area contributed by atoms with Crippen LogP contribution in [-0.4, -0.2) is 34.1 Å². The molecule has 2 aliphatic rings. The highest BCUT2D eigenvalue weighted by Gasteiger charge is 2.43. The van der Waals surface area contributed by atoms with Crippen LogP contribution in [0, 0.1) is 0 Å². The maximum absolute atomic E-state index is 13.5. The Bertz CT molecular complexity index is 2390. The molecule has 284 valence electrons. The van der Waals surface area contributed by atoms with Crippen molar-refractivity contribution in [1.29, 1.82) is 0 Å². The van der Waals surface area contributed by atoms with Crippen LogP contribution in [0.15, 0.2) is 122 Å². The number of anilines is 1. The number of ether oxygens (including phenoxy) is 2. The Kier molecular flexibility index (Phi) is 9.57. The Morgan fingerprint density at radius 1 is 0.518 bits per heavy atom. The highest BCUT2D eigenvalue weighted by atomic mass is 16.5. The molecule has 5 aromatic carbocycles. The second-order valence-electron chi connectivity index (χ2n) is 15.9. The van der Waals surface area contributed by atoms with E-state index in [9.17, 15) is 19.2 Å². The third-order valence-electron chi connectivity index (χ3n) is 11.8. The zero-order chi connectivity index (χ0) is 40.2. The molecule has 8 heteroatoms. The highest BCUT2D eigenvalue weighted by molar-refractivity contribution is 6.34. The highest BCUT2D eigenvalue weighted by Crippen LogP contribution is 2.38. The number of nitrogens with zero attached hydrogens (tertiary/aromatic N) is 2. The van der Waals surface area contributed by atoms with Crippen molar-refractivity contribution in [3.63, 3.8) is 0 Å². The van der Waals surface area contributed by atoms with Crippen molar-refractivity contribution in [2.75, 3.05) is 4.90 Å². The van der Waals surface area contributed by atoms with Crippen LogP contribution in [0.5, 0.6) is 23.0 Å². The third-order valence-corrected chi connectivity index (χ3v) is 11.8. The molecule has 0 aromatic heterocycles. The monoisotopic (exact) mass is 746 g/mol. The SMILES string of the molecule is C=CC(C)(CC)c1ccc(N2C(=O)c3ccc(Oc4ccc(C(C)(C)c5ccc(Oc6ccc7c(c6)C(=O)N(C(C)(C)CC)C7=O)cc5)cc4)cc3C2=O)cc1. The molecule has 0 spiro atoms. The number of carbonyl (C=O) groups is 4. The van der Waals surface area contributed by atoms with Crippen LogP contribution in [0.3, 0.4) is 0 Å². The molecule has 0 saturated carbocycles. The first kappa shape index (κ1) is 38.0. The summed E-state index contributed by atoms with van der Waals surface area (Å²) in [7, 11) is 0. The van der Waals surface area contributed by atoms with Crippen LogP contribution >= 0.6 is 0 Å². The molecule has 5 aromatic rings. The summed E-state index contributed by atoms with van der Waals surface area (Å²) in [6.45, 7) is 18.2. The molecule has 0 bridgehead atoms. The molecule has 2 heterocycles. The van der Waals surface area contributed by atoms with Gasteiger partial charge in [0.2, 0.25) is 0 Å². The minimum absolute atomic E-state index is 0.197. The molecule has 0 aliphatic carbocycles. The van der Waals surface area contributed by atoms with Gasteiger partial charge in [-0.15, -0.1) is 6.58 Å². The van der Waals surface area contributed by atoms with Gasteiger partial charge >= 0.3 is 0 Å². The van der Waals surface area contributed by atoms with E-state index in [1.54, 1.807) is 36.4 Å². The lowest BCUT2D eigenvalue weighted by Gasteiger charge is -2.32. The molecule has 1 atom stereocenters. The standard InChI is InChI=1S/C48H46N2O6/c1-9-46(4,5)50-44(53)39-27-25-37(29-41(39)45(50)54)56-35-22-16-31(17-23-35)47(6,7)30-14-20-34(21-15-30)55-36-24-26-38-40(28-36)43(52)49(42(38)51)33-18-12-32(13-19-33)48(8,10-2)11-3/h10,12-29H,2,9,11H2,1,3-8H3. The number of allylic oxidation sites excluding steroid dienone is 1. The Hall–Kier alpha value is -6.28. The van der Waals surface area contributed by atoms with Gasteiger partial charge in [0.1, 0.15) is 23.0 Å². The van der Waals surface area contributed by atoms with Gasteiger partial charge in [0.25, 0.3) is 23.6 Å². The largest absolute Gasteiger partial charge is 0.457 e.